The summed E-state index contributed by atoms with van der Waals surface area (Å²) < 4.78 is 0. The summed E-state index contributed by atoms with van der Waals surface area (Å²) in [5.74, 6) is 0.569. The van der Waals surface area contributed by atoms with Gasteiger partial charge in [0.25, 0.3) is 11.5 Å². The highest BCUT2D eigenvalue weighted by molar-refractivity contribution is 6.31. The molecule has 1 aliphatic carbocycles. The lowest BCUT2D eigenvalue weighted by atomic mass is 9.86. The van der Waals surface area contributed by atoms with E-state index in [9.17, 15) is 9.59 Å². The highest BCUT2D eigenvalue weighted by atomic mass is 35.5. The average molecular weight is 444 g/mol. The quantitative estimate of drug-likeness (QED) is 0.637. The number of amides is 1. The zero-order valence-electron chi connectivity index (χ0n) is 19.3. The molecule has 0 unspecified atom stereocenters. The van der Waals surface area contributed by atoms with Gasteiger partial charge < -0.3 is 15.2 Å². The van der Waals surface area contributed by atoms with E-state index >= 15 is 0 Å². The zero-order valence-corrected chi connectivity index (χ0v) is 20.0. The minimum absolute atomic E-state index is 0.162. The topological polar surface area (TPSA) is 65.2 Å². The first-order chi connectivity index (χ1) is 14.7. The number of nitrogens with zero attached hydrogens (tertiary/aromatic N) is 1. The van der Waals surface area contributed by atoms with Gasteiger partial charge in [0.2, 0.25) is 0 Å². The number of hydrogen-bond acceptors (Lipinski definition) is 3. The molecule has 1 saturated carbocycles. The fourth-order valence-electron chi connectivity index (χ4n) is 4.74. The lowest BCUT2D eigenvalue weighted by molar-refractivity contribution is 0.0950. The molecule has 0 bridgehead atoms. The van der Waals surface area contributed by atoms with Gasteiger partial charge in [-0.05, 0) is 88.6 Å². The molecule has 31 heavy (non-hydrogen) atoms. The maximum Gasteiger partial charge on any atom is 0.253 e. The van der Waals surface area contributed by atoms with Gasteiger partial charge in [-0.15, -0.1) is 0 Å². The van der Waals surface area contributed by atoms with Crippen LogP contribution in [0.15, 0.2) is 23.0 Å². The Hall–Kier alpha value is -2.27. The number of anilines is 1. The van der Waals surface area contributed by atoms with Crippen LogP contribution in [0.25, 0.3) is 0 Å². The van der Waals surface area contributed by atoms with E-state index in [1.54, 1.807) is 6.07 Å². The fraction of sp³-hybridized carbons (Fsp3) is 0.520. The minimum Gasteiger partial charge on any atom is -0.369 e. The molecule has 0 saturated heterocycles. The molecule has 0 atom stereocenters. The van der Waals surface area contributed by atoms with E-state index in [1.165, 1.54) is 12.8 Å². The van der Waals surface area contributed by atoms with E-state index < -0.39 is 0 Å². The predicted molar refractivity (Wildman–Crippen MR) is 128 cm³/mol. The van der Waals surface area contributed by atoms with Gasteiger partial charge in [0.05, 0.1) is 0 Å². The molecule has 0 spiro atoms. The van der Waals surface area contributed by atoms with Gasteiger partial charge in [-0.25, -0.2) is 0 Å². The summed E-state index contributed by atoms with van der Waals surface area (Å²) >= 11 is 6.45. The van der Waals surface area contributed by atoms with Crippen LogP contribution >= 0.6 is 11.6 Å². The van der Waals surface area contributed by atoms with Crippen LogP contribution in [0.2, 0.25) is 5.02 Å². The normalized spacial score (nSPS) is 18.6. The lowest BCUT2D eigenvalue weighted by Gasteiger charge is -2.38. The van der Waals surface area contributed by atoms with Crippen LogP contribution in [0, 0.1) is 26.7 Å². The van der Waals surface area contributed by atoms with Gasteiger partial charge in [0.15, 0.2) is 0 Å². The molecule has 1 aliphatic rings. The number of pyridine rings is 1. The molecule has 0 radical (unpaired) electrons. The number of nitrogens with one attached hydrogen (secondary N) is 2. The highest BCUT2D eigenvalue weighted by Crippen LogP contribution is 2.34. The number of aromatic amines is 1. The van der Waals surface area contributed by atoms with Gasteiger partial charge >= 0.3 is 0 Å². The molecule has 2 aromatic rings. The van der Waals surface area contributed by atoms with Crippen LogP contribution in [0.4, 0.5) is 5.69 Å². The van der Waals surface area contributed by atoms with E-state index in [1.807, 2.05) is 32.9 Å². The number of hydrogen-bond donors (Lipinski definition) is 2. The van der Waals surface area contributed by atoms with Crippen molar-refractivity contribution in [2.24, 2.45) is 5.92 Å². The third-order valence-electron chi connectivity index (χ3n) is 6.59. The Morgan fingerprint density at radius 3 is 2.45 bits per heavy atom. The van der Waals surface area contributed by atoms with E-state index in [4.69, 9.17) is 11.6 Å². The van der Waals surface area contributed by atoms with E-state index in [-0.39, 0.29) is 18.0 Å². The number of halogens is 1. The number of H-pyrrole nitrogens is 1. The Bertz CT molecular complexity index is 1010. The molecule has 5 nitrogen and oxygen atoms in total. The molecule has 0 aliphatic heterocycles. The Kier molecular flexibility index (Phi) is 7.47. The fourth-order valence-corrected chi connectivity index (χ4v) is 4.96. The number of carbonyl (C=O) groups is 1. The number of benzene rings is 1. The van der Waals surface area contributed by atoms with Crippen LogP contribution in [0.3, 0.4) is 0 Å². The summed E-state index contributed by atoms with van der Waals surface area (Å²) in [5.41, 5.74) is 4.61. The van der Waals surface area contributed by atoms with E-state index in [0.717, 1.165) is 47.8 Å². The summed E-state index contributed by atoms with van der Waals surface area (Å²) in [6, 6.07) is 6.08. The molecular formula is C25H34ClN3O2. The van der Waals surface area contributed by atoms with Gasteiger partial charge in [-0.1, -0.05) is 18.5 Å². The summed E-state index contributed by atoms with van der Waals surface area (Å²) in [6.07, 6.45) is 4.80. The van der Waals surface area contributed by atoms with Gasteiger partial charge in [-0.2, -0.15) is 0 Å². The number of rotatable bonds is 6. The Labute approximate surface area is 190 Å². The molecule has 1 heterocycles. The van der Waals surface area contributed by atoms with Gasteiger partial charge in [-0.3, -0.25) is 9.59 Å². The van der Waals surface area contributed by atoms with Crippen LogP contribution in [-0.4, -0.2) is 23.5 Å². The van der Waals surface area contributed by atoms with Crippen molar-refractivity contribution in [1.82, 2.24) is 10.3 Å². The molecule has 3 rings (SSSR count). The minimum atomic E-state index is -0.214. The maximum atomic E-state index is 13.1. The number of carbonyl (C=O) groups excluding carboxylic acids is 1. The average Bonchev–Trinajstić information content (AvgIpc) is 2.71. The molecular weight excluding hydrogens is 410 g/mol. The molecule has 1 amide bonds. The van der Waals surface area contributed by atoms with Crippen molar-refractivity contribution >= 4 is 23.2 Å². The molecule has 168 valence electrons. The Morgan fingerprint density at radius 1 is 1.16 bits per heavy atom. The first-order valence-corrected chi connectivity index (χ1v) is 11.6. The van der Waals surface area contributed by atoms with Crippen LogP contribution in [0.5, 0.6) is 0 Å². The second kappa shape index (κ2) is 9.90. The van der Waals surface area contributed by atoms with Crippen molar-refractivity contribution in [3.63, 3.8) is 0 Å². The van der Waals surface area contributed by atoms with Gasteiger partial charge in [0.1, 0.15) is 0 Å². The number of aryl methyl sites for hydroxylation is 2. The van der Waals surface area contributed by atoms with Crippen LogP contribution in [0.1, 0.15) is 72.3 Å². The maximum absolute atomic E-state index is 13.1. The Morgan fingerprint density at radius 2 is 1.84 bits per heavy atom. The molecule has 1 aromatic heterocycles. The van der Waals surface area contributed by atoms with Crippen molar-refractivity contribution in [2.45, 2.75) is 72.9 Å². The second-order valence-electron chi connectivity index (χ2n) is 8.92. The molecule has 1 fully saturated rings. The van der Waals surface area contributed by atoms with E-state index in [2.05, 4.69) is 29.0 Å². The van der Waals surface area contributed by atoms with Gasteiger partial charge in [0, 0.05) is 46.7 Å². The predicted octanol–water partition coefficient (Wildman–Crippen LogP) is 5.29. The SMILES string of the molecule is CCN(c1cc(Cl)cc(C(=O)NCc2c(C)cc(C)[nH]c2=O)c1C)[C@H]1CC[C@@H](C)CC1. The molecule has 6 heteroatoms. The lowest BCUT2D eigenvalue weighted by Crippen LogP contribution is -2.38. The van der Waals surface area contributed by atoms with Crippen molar-refractivity contribution in [3.05, 3.63) is 61.5 Å². The van der Waals surface area contributed by atoms with E-state index in [0.29, 0.717) is 22.2 Å². The van der Waals surface area contributed by atoms with Crippen molar-refractivity contribution in [1.29, 1.82) is 0 Å². The standard InChI is InChI=1S/C25H34ClN3O2/c1-6-29(20-9-7-15(2)8-10-20)23-13-19(26)12-21(18(23)5)24(30)27-14-22-16(3)11-17(4)28-25(22)31/h11-13,15,20H,6-10,14H2,1-5H3,(H,27,30)(H,28,31)/t15-,20+. The third kappa shape index (κ3) is 5.32. The molecule has 1 aromatic carbocycles. The van der Waals surface area contributed by atoms with Crippen LogP contribution < -0.4 is 15.8 Å². The first kappa shape index (κ1) is 23.4. The van der Waals surface area contributed by atoms with Crippen molar-refractivity contribution < 1.29 is 4.79 Å². The van der Waals surface area contributed by atoms with Crippen molar-refractivity contribution in [2.75, 3.05) is 11.4 Å². The first-order valence-electron chi connectivity index (χ1n) is 11.3. The third-order valence-corrected chi connectivity index (χ3v) is 6.80. The highest BCUT2D eigenvalue weighted by Gasteiger charge is 2.26. The number of aromatic nitrogens is 1. The second-order valence-corrected chi connectivity index (χ2v) is 9.36. The van der Waals surface area contributed by atoms with Crippen LogP contribution in [-0.2, 0) is 6.54 Å². The molecule has 2 N–H and O–H groups in total. The Balaban J connectivity index is 1.84. The summed E-state index contributed by atoms with van der Waals surface area (Å²) in [5, 5.41) is 3.47. The summed E-state index contributed by atoms with van der Waals surface area (Å²) in [6.45, 7) is 11.2. The smallest absolute Gasteiger partial charge is 0.253 e. The van der Waals surface area contributed by atoms with Crippen molar-refractivity contribution in [3.8, 4) is 0 Å². The summed E-state index contributed by atoms with van der Waals surface area (Å²) in [7, 11) is 0. The summed E-state index contributed by atoms with van der Waals surface area (Å²) in [4.78, 5) is 30.5. The largest absolute Gasteiger partial charge is 0.369 e. The monoisotopic (exact) mass is 443 g/mol. The zero-order chi connectivity index (χ0) is 22.7.